The Morgan fingerprint density at radius 2 is 2.10 bits per heavy atom. The van der Waals surface area contributed by atoms with E-state index in [1.54, 1.807) is 0 Å². The Kier molecular flexibility index (Phi) is 4.34. The van der Waals surface area contributed by atoms with Crippen molar-refractivity contribution in [1.29, 1.82) is 0 Å². The first-order valence-electron chi connectivity index (χ1n) is 8.26. The Bertz CT molecular complexity index is 497. The van der Waals surface area contributed by atoms with E-state index in [9.17, 15) is 4.79 Å². The molecule has 1 aromatic rings. The summed E-state index contributed by atoms with van der Waals surface area (Å²) >= 11 is 0. The monoisotopic (exact) mass is 290 g/mol. The van der Waals surface area contributed by atoms with Crippen LogP contribution in [0.2, 0.25) is 0 Å². The first-order chi connectivity index (χ1) is 10.1. The van der Waals surface area contributed by atoms with Gasteiger partial charge in [-0.25, -0.2) is 0 Å². The summed E-state index contributed by atoms with van der Waals surface area (Å²) < 4.78 is 5.58. The summed E-state index contributed by atoms with van der Waals surface area (Å²) in [5.74, 6) is 2.60. The van der Waals surface area contributed by atoms with Crippen LogP contribution in [0.25, 0.3) is 0 Å². The van der Waals surface area contributed by atoms with Gasteiger partial charge in [0.1, 0.15) is 11.5 Å². The number of furan rings is 1. The van der Waals surface area contributed by atoms with E-state index < -0.39 is 0 Å². The number of piperidine rings is 1. The van der Waals surface area contributed by atoms with Crippen LogP contribution in [0.4, 0.5) is 0 Å². The molecule has 0 aromatic carbocycles. The van der Waals surface area contributed by atoms with Crippen LogP contribution in [0.15, 0.2) is 16.5 Å². The largest absolute Gasteiger partial charge is 0.464 e. The molecule has 2 fully saturated rings. The van der Waals surface area contributed by atoms with Crippen molar-refractivity contribution in [2.24, 2.45) is 5.92 Å². The average molecular weight is 290 g/mol. The minimum absolute atomic E-state index is 0.0390. The number of rotatable bonds is 3. The van der Waals surface area contributed by atoms with Gasteiger partial charge in [0.15, 0.2) is 0 Å². The molecule has 0 spiro atoms. The molecule has 0 bridgehead atoms. The Balaban J connectivity index is 1.55. The molecule has 1 aromatic heterocycles. The highest BCUT2D eigenvalue weighted by molar-refractivity contribution is 5.82. The van der Waals surface area contributed by atoms with Crippen molar-refractivity contribution in [1.82, 2.24) is 10.6 Å². The molecule has 4 unspecified atom stereocenters. The maximum absolute atomic E-state index is 12.4. The summed E-state index contributed by atoms with van der Waals surface area (Å²) in [6.07, 6.45) is 7.34. The van der Waals surface area contributed by atoms with Crippen molar-refractivity contribution in [2.75, 3.05) is 0 Å². The van der Waals surface area contributed by atoms with Crippen molar-refractivity contribution in [3.8, 4) is 0 Å². The number of carbonyl (C=O) groups is 1. The average Bonchev–Trinajstić information content (AvgIpc) is 2.93. The van der Waals surface area contributed by atoms with Gasteiger partial charge >= 0.3 is 0 Å². The summed E-state index contributed by atoms with van der Waals surface area (Å²) in [7, 11) is 0. The molecular formula is C17H26N2O2. The Morgan fingerprint density at radius 1 is 1.29 bits per heavy atom. The summed E-state index contributed by atoms with van der Waals surface area (Å²) in [6, 6.07) is 4.30. The number of aryl methyl sites for hydroxylation is 1. The lowest BCUT2D eigenvalue weighted by Crippen LogP contribution is -2.55. The normalized spacial score (nSPS) is 30.5. The minimum atomic E-state index is -0.0721. The molecule has 4 heteroatoms. The zero-order valence-electron chi connectivity index (χ0n) is 13.0. The molecule has 1 saturated carbocycles. The second-order valence-electron chi connectivity index (χ2n) is 6.63. The first kappa shape index (κ1) is 14.6. The van der Waals surface area contributed by atoms with Gasteiger partial charge in [-0.1, -0.05) is 12.8 Å². The zero-order chi connectivity index (χ0) is 14.8. The molecule has 1 amide bonds. The molecule has 116 valence electrons. The summed E-state index contributed by atoms with van der Waals surface area (Å²) in [5.41, 5.74) is 0. The van der Waals surface area contributed by atoms with Gasteiger partial charge < -0.3 is 15.1 Å². The minimum Gasteiger partial charge on any atom is -0.464 e. The summed E-state index contributed by atoms with van der Waals surface area (Å²) in [5, 5.41) is 6.65. The second-order valence-corrected chi connectivity index (χ2v) is 6.63. The third kappa shape index (κ3) is 3.31. The van der Waals surface area contributed by atoms with Crippen LogP contribution in [-0.2, 0) is 4.79 Å². The molecule has 2 aliphatic rings. The fourth-order valence-corrected chi connectivity index (χ4v) is 3.77. The SMILES string of the molecule is Cc1ccc(C(C)NC(=O)C2CCC3CCCCC3N2)o1. The lowest BCUT2D eigenvalue weighted by molar-refractivity contribution is -0.125. The van der Waals surface area contributed by atoms with E-state index in [2.05, 4.69) is 10.6 Å². The Hall–Kier alpha value is -1.29. The molecule has 4 nitrogen and oxygen atoms in total. The van der Waals surface area contributed by atoms with Gasteiger partial charge in [-0.3, -0.25) is 4.79 Å². The van der Waals surface area contributed by atoms with Crippen molar-refractivity contribution < 1.29 is 9.21 Å². The van der Waals surface area contributed by atoms with Gasteiger partial charge in [-0.05, 0) is 57.6 Å². The molecular weight excluding hydrogens is 264 g/mol. The molecule has 3 rings (SSSR count). The van der Waals surface area contributed by atoms with Crippen molar-refractivity contribution in [2.45, 2.75) is 70.5 Å². The highest BCUT2D eigenvalue weighted by Gasteiger charge is 2.34. The number of amides is 1. The van der Waals surface area contributed by atoms with E-state index in [0.717, 1.165) is 23.9 Å². The Labute approximate surface area is 126 Å². The predicted octanol–water partition coefficient (Wildman–Crippen LogP) is 3.08. The van der Waals surface area contributed by atoms with Crippen molar-refractivity contribution in [3.05, 3.63) is 23.7 Å². The third-order valence-electron chi connectivity index (χ3n) is 5.01. The van der Waals surface area contributed by atoms with Gasteiger partial charge in [0.05, 0.1) is 12.1 Å². The highest BCUT2D eigenvalue weighted by Crippen LogP contribution is 2.32. The third-order valence-corrected chi connectivity index (χ3v) is 5.01. The van der Waals surface area contributed by atoms with E-state index in [4.69, 9.17) is 4.42 Å². The standard InChI is InChI=1S/C17H26N2O2/c1-11-7-10-16(21-11)12(2)18-17(20)15-9-8-13-5-3-4-6-14(13)19-15/h7,10,12-15,19H,3-6,8-9H2,1-2H3,(H,18,20). The molecule has 1 aliphatic heterocycles. The summed E-state index contributed by atoms with van der Waals surface area (Å²) in [6.45, 7) is 3.90. The molecule has 4 atom stereocenters. The van der Waals surface area contributed by atoms with E-state index in [1.807, 2.05) is 26.0 Å². The van der Waals surface area contributed by atoms with Crippen LogP contribution in [0.5, 0.6) is 0 Å². The maximum atomic E-state index is 12.4. The second kappa shape index (κ2) is 6.22. The number of nitrogens with one attached hydrogen (secondary N) is 2. The Morgan fingerprint density at radius 3 is 2.86 bits per heavy atom. The van der Waals surface area contributed by atoms with E-state index in [1.165, 1.54) is 32.1 Å². The van der Waals surface area contributed by atoms with Crippen LogP contribution in [0.3, 0.4) is 0 Å². The van der Waals surface area contributed by atoms with Gasteiger partial charge in [0.25, 0.3) is 0 Å². The molecule has 2 heterocycles. The molecule has 21 heavy (non-hydrogen) atoms. The predicted molar refractivity (Wildman–Crippen MR) is 81.9 cm³/mol. The molecule has 2 N–H and O–H groups in total. The van der Waals surface area contributed by atoms with Crippen LogP contribution in [0.1, 0.15) is 63.0 Å². The van der Waals surface area contributed by atoms with E-state index in [0.29, 0.717) is 6.04 Å². The van der Waals surface area contributed by atoms with Crippen LogP contribution < -0.4 is 10.6 Å². The highest BCUT2D eigenvalue weighted by atomic mass is 16.3. The lowest BCUT2D eigenvalue weighted by atomic mass is 9.77. The maximum Gasteiger partial charge on any atom is 0.237 e. The number of carbonyl (C=O) groups excluding carboxylic acids is 1. The zero-order valence-corrected chi connectivity index (χ0v) is 13.0. The van der Waals surface area contributed by atoms with Crippen molar-refractivity contribution in [3.63, 3.8) is 0 Å². The van der Waals surface area contributed by atoms with Gasteiger partial charge in [-0.15, -0.1) is 0 Å². The van der Waals surface area contributed by atoms with E-state index in [-0.39, 0.29) is 18.0 Å². The van der Waals surface area contributed by atoms with Gasteiger partial charge in [0.2, 0.25) is 5.91 Å². The number of hydrogen-bond acceptors (Lipinski definition) is 3. The van der Waals surface area contributed by atoms with Crippen LogP contribution >= 0.6 is 0 Å². The van der Waals surface area contributed by atoms with Crippen molar-refractivity contribution >= 4 is 5.91 Å². The number of fused-ring (bicyclic) bond motifs is 1. The van der Waals surface area contributed by atoms with Crippen LogP contribution in [0, 0.1) is 12.8 Å². The topological polar surface area (TPSA) is 54.3 Å². The van der Waals surface area contributed by atoms with Crippen LogP contribution in [-0.4, -0.2) is 18.0 Å². The molecule has 1 saturated heterocycles. The van der Waals surface area contributed by atoms with Gasteiger partial charge in [-0.2, -0.15) is 0 Å². The summed E-state index contributed by atoms with van der Waals surface area (Å²) in [4.78, 5) is 12.4. The lowest BCUT2D eigenvalue weighted by Gasteiger charge is -2.40. The fourth-order valence-electron chi connectivity index (χ4n) is 3.77. The fraction of sp³-hybridized carbons (Fsp3) is 0.706. The molecule has 0 radical (unpaired) electrons. The van der Waals surface area contributed by atoms with Gasteiger partial charge in [0, 0.05) is 6.04 Å². The first-order valence-corrected chi connectivity index (χ1v) is 8.26. The number of hydrogen-bond donors (Lipinski definition) is 2. The smallest absolute Gasteiger partial charge is 0.237 e. The molecule has 1 aliphatic carbocycles. The van der Waals surface area contributed by atoms with E-state index >= 15 is 0 Å². The quantitative estimate of drug-likeness (QED) is 0.899.